The van der Waals surface area contributed by atoms with Crippen molar-refractivity contribution < 1.29 is 29.3 Å². The van der Waals surface area contributed by atoms with Crippen molar-refractivity contribution in [2.45, 2.75) is 25.6 Å². The number of aliphatic hydroxyl groups excluding tert-OH is 1. The molecule has 0 aliphatic carbocycles. The molecule has 1 amide bonds. The number of halogens is 2. The minimum Gasteiger partial charge on any atom is -0.506 e. The normalized spacial score (nSPS) is 12.9. The van der Waals surface area contributed by atoms with Crippen molar-refractivity contribution in [3.8, 4) is 5.75 Å². The number of carbonyl (C=O) groups is 2. The average Bonchev–Trinajstić information content (AvgIpc) is 2.68. The standard InChI is InChI=1S/C20H21Br2NO6/c1-11(25)12-3-5-14(6-4-12)23-20(27)29-19(17(28-2)7-8-24)15-9-13(21)10-16(22)18(15)26/h3-6,9-10,17,19,24,26H,7-8H2,1-2H3,(H,23,27)/t17-,19-/m1/s1. The number of methoxy groups -OCH3 is 1. The maximum atomic E-state index is 12.5. The predicted octanol–water partition coefficient (Wildman–Crippen LogP) is 4.81. The van der Waals surface area contributed by atoms with E-state index in [1.807, 2.05) is 0 Å². The SMILES string of the molecule is CO[C@H](CCO)[C@H](OC(=O)Nc1ccc(C(C)=O)cc1)c1cc(Br)cc(Br)c1O. The second kappa shape index (κ2) is 10.7. The lowest BCUT2D eigenvalue weighted by Gasteiger charge is -2.27. The summed E-state index contributed by atoms with van der Waals surface area (Å²) >= 11 is 6.61. The number of Topliss-reactive ketones (excluding diaryl/α,β-unsaturated/α-hetero) is 1. The van der Waals surface area contributed by atoms with Crippen molar-refractivity contribution in [3.05, 3.63) is 56.5 Å². The molecule has 0 saturated heterocycles. The van der Waals surface area contributed by atoms with E-state index in [-0.39, 0.29) is 24.6 Å². The molecule has 7 nitrogen and oxygen atoms in total. The monoisotopic (exact) mass is 529 g/mol. The fourth-order valence-corrected chi connectivity index (χ4v) is 3.97. The average molecular weight is 531 g/mol. The molecule has 0 spiro atoms. The van der Waals surface area contributed by atoms with Gasteiger partial charge in [0.1, 0.15) is 11.9 Å². The third kappa shape index (κ3) is 6.27. The number of ketones is 1. The van der Waals surface area contributed by atoms with Gasteiger partial charge in [-0.25, -0.2) is 4.79 Å². The van der Waals surface area contributed by atoms with Gasteiger partial charge in [0.05, 0.1) is 4.47 Å². The number of anilines is 1. The fourth-order valence-electron chi connectivity index (χ4n) is 2.71. The van der Waals surface area contributed by atoms with Crippen molar-refractivity contribution in [2.75, 3.05) is 19.0 Å². The minimum absolute atomic E-state index is 0.0816. The molecular weight excluding hydrogens is 510 g/mol. The Hall–Kier alpha value is -1.94. The molecule has 2 aromatic carbocycles. The number of amides is 1. The molecule has 0 fully saturated rings. The van der Waals surface area contributed by atoms with E-state index < -0.39 is 18.3 Å². The molecule has 0 bridgehead atoms. The van der Waals surface area contributed by atoms with Crippen molar-refractivity contribution in [2.24, 2.45) is 0 Å². The molecule has 0 aliphatic rings. The lowest BCUT2D eigenvalue weighted by Crippen LogP contribution is -2.29. The van der Waals surface area contributed by atoms with Crippen molar-refractivity contribution in [1.82, 2.24) is 0 Å². The number of rotatable bonds is 8. The molecule has 2 aromatic rings. The third-order valence-corrected chi connectivity index (χ3v) is 5.25. The topological polar surface area (TPSA) is 105 Å². The maximum absolute atomic E-state index is 12.5. The van der Waals surface area contributed by atoms with Gasteiger partial charge in [0, 0.05) is 41.4 Å². The van der Waals surface area contributed by atoms with Gasteiger partial charge < -0.3 is 19.7 Å². The molecule has 2 rings (SSSR count). The van der Waals surface area contributed by atoms with E-state index in [0.29, 0.717) is 25.8 Å². The van der Waals surface area contributed by atoms with Gasteiger partial charge in [-0.3, -0.25) is 10.1 Å². The maximum Gasteiger partial charge on any atom is 0.412 e. The lowest BCUT2D eigenvalue weighted by molar-refractivity contribution is -0.0314. The molecule has 2 atom stereocenters. The van der Waals surface area contributed by atoms with E-state index in [9.17, 15) is 19.8 Å². The number of ether oxygens (including phenoxy) is 2. The van der Waals surface area contributed by atoms with E-state index in [0.717, 1.165) is 0 Å². The number of benzene rings is 2. The summed E-state index contributed by atoms with van der Waals surface area (Å²) in [5.74, 6) is -0.182. The summed E-state index contributed by atoms with van der Waals surface area (Å²) in [6, 6.07) is 9.62. The Kier molecular flexibility index (Phi) is 8.63. The largest absolute Gasteiger partial charge is 0.506 e. The third-order valence-electron chi connectivity index (χ3n) is 4.19. The molecule has 0 saturated carbocycles. The van der Waals surface area contributed by atoms with Crippen LogP contribution in [0.15, 0.2) is 45.3 Å². The van der Waals surface area contributed by atoms with Crippen LogP contribution in [-0.4, -0.2) is 41.9 Å². The molecule has 0 heterocycles. The summed E-state index contributed by atoms with van der Waals surface area (Å²) in [7, 11) is 1.43. The number of hydrogen-bond acceptors (Lipinski definition) is 6. The van der Waals surface area contributed by atoms with E-state index in [2.05, 4.69) is 37.2 Å². The number of phenols is 1. The van der Waals surface area contributed by atoms with Gasteiger partial charge in [0.2, 0.25) is 0 Å². The highest BCUT2D eigenvalue weighted by molar-refractivity contribution is 9.11. The second-order valence-corrected chi connectivity index (χ2v) is 7.97. The lowest BCUT2D eigenvalue weighted by atomic mass is 10.0. The number of aromatic hydroxyl groups is 1. The highest BCUT2D eigenvalue weighted by Gasteiger charge is 2.30. The zero-order chi connectivity index (χ0) is 21.6. The number of nitrogens with one attached hydrogen (secondary N) is 1. The van der Waals surface area contributed by atoms with Crippen molar-refractivity contribution >= 4 is 49.4 Å². The van der Waals surface area contributed by atoms with Gasteiger partial charge in [-0.05, 0) is 59.3 Å². The summed E-state index contributed by atoms with van der Waals surface area (Å²) in [6.45, 7) is 1.26. The van der Waals surface area contributed by atoms with E-state index >= 15 is 0 Å². The van der Waals surface area contributed by atoms with Crippen LogP contribution in [0.1, 0.15) is 35.4 Å². The molecule has 29 heavy (non-hydrogen) atoms. The van der Waals surface area contributed by atoms with Crippen LogP contribution in [0.4, 0.5) is 10.5 Å². The molecule has 0 aliphatic heterocycles. The van der Waals surface area contributed by atoms with Crippen LogP contribution in [0.25, 0.3) is 0 Å². The van der Waals surface area contributed by atoms with Crippen LogP contribution in [0.2, 0.25) is 0 Å². The summed E-state index contributed by atoms with van der Waals surface area (Å²) < 4.78 is 12.0. The van der Waals surface area contributed by atoms with Gasteiger partial charge in [0.15, 0.2) is 11.9 Å². The molecular formula is C20H21Br2NO6. The van der Waals surface area contributed by atoms with Crippen LogP contribution >= 0.6 is 31.9 Å². The fraction of sp³-hybridized carbons (Fsp3) is 0.300. The molecule has 0 aromatic heterocycles. The zero-order valence-electron chi connectivity index (χ0n) is 15.8. The van der Waals surface area contributed by atoms with Gasteiger partial charge in [-0.15, -0.1) is 0 Å². The Balaban J connectivity index is 2.27. The van der Waals surface area contributed by atoms with E-state index in [1.54, 1.807) is 36.4 Å². The first-order chi connectivity index (χ1) is 13.8. The van der Waals surface area contributed by atoms with Crippen molar-refractivity contribution in [3.63, 3.8) is 0 Å². The number of hydrogen-bond donors (Lipinski definition) is 3. The Morgan fingerprint density at radius 3 is 2.38 bits per heavy atom. The molecule has 3 N–H and O–H groups in total. The zero-order valence-corrected chi connectivity index (χ0v) is 19.0. The first-order valence-electron chi connectivity index (χ1n) is 8.67. The molecule has 0 radical (unpaired) electrons. The summed E-state index contributed by atoms with van der Waals surface area (Å²) in [5, 5.41) is 22.4. The van der Waals surface area contributed by atoms with E-state index in [1.165, 1.54) is 14.0 Å². The molecule has 0 unspecified atom stereocenters. The van der Waals surface area contributed by atoms with Crippen molar-refractivity contribution in [1.29, 1.82) is 0 Å². The molecule has 9 heteroatoms. The van der Waals surface area contributed by atoms with Gasteiger partial charge >= 0.3 is 6.09 Å². The van der Waals surface area contributed by atoms with Crippen LogP contribution < -0.4 is 5.32 Å². The summed E-state index contributed by atoms with van der Waals surface area (Å²) in [4.78, 5) is 23.9. The predicted molar refractivity (Wildman–Crippen MR) is 115 cm³/mol. The Labute approximate surface area is 185 Å². The van der Waals surface area contributed by atoms with Crippen LogP contribution in [-0.2, 0) is 9.47 Å². The Morgan fingerprint density at radius 1 is 1.17 bits per heavy atom. The van der Waals surface area contributed by atoms with Gasteiger partial charge in [-0.2, -0.15) is 0 Å². The minimum atomic E-state index is -0.988. The first kappa shape index (κ1) is 23.3. The Morgan fingerprint density at radius 2 is 1.83 bits per heavy atom. The van der Waals surface area contributed by atoms with E-state index in [4.69, 9.17) is 9.47 Å². The molecule has 156 valence electrons. The Bertz CT molecular complexity index is 872. The van der Waals surface area contributed by atoms with Crippen LogP contribution in [0.5, 0.6) is 5.75 Å². The van der Waals surface area contributed by atoms with Gasteiger partial charge in [-0.1, -0.05) is 15.9 Å². The van der Waals surface area contributed by atoms with Crippen LogP contribution in [0, 0.1) is 0 Å². The number of phenolic OH excluding ortho intramolecular Hbond substituents is 1. The quantitative estimate of drug-likeness (QED) is 0.423. The number of aliphatic hydroxyl groups is 1. The highest BCUT2D eigenvalue weighted by atomic mass is 79.9. The highest BCUT2D eigenvalue weighted by Crippen LogP contribution is 2.39. The van der Waals surface area contributed by atoms with Crippen LogP contribution in [0.3, 0.4) is 0 Å². The number of carbonyl (C=O) groups excluding carboxylic acids is 2. The van der Waals surface area contributed by atoms with Gasteiger partial charge in [0.25, 0.3) is 0 Å². The summed E-state index contributed by atoms with van der Waals surface area (Å²) in [6.07, 6.45) is -2.28. The first-order valence-corrected chi connectivity index (χ1v) is 10.3. The summed E-state index contributed by atoms with van der Waals surface area (Å²) in [5.41, 5.74) is 1.27. The smallest absolute Gasteiger partial charge is 0.412 e. The second-order valence-electron chi connectivity index (χ2n) is 6.20.